The number of para-hydroxylation sites is 1. The van der Waals surface area contributed by atoms with Crippen LogP contribution in [0.15, 0.2) is 54.6 Å². The normalized spacial score (nSPS) is 16.4. The second-order valence-corrected chi connectivity index (χ2v) is 8.26. The van der Waals surface area contributed by atoms with Gasteiger partial charge in [0.15, 0.2) is 0 Å². The molecule has 1 atom stereocenters. The maximum Gasteiger partial charge on any atom is 0.322 e. The van der Waals surface area contributed by atoms with Crippen LogP contribution in [-0.2, 0) is 6.54 Å². The summed E-state index contributed by atoms with van der Waals surface area (Å²) in [6.45, 7) is 9.39. The van der Waals surface area contributed by atoms with Crippen molar-refractivity contribution in [3.05, 3.63) is 65.7 Å². The van der Waals surface area contributed by atoms with Crippen LogP contribution in [-0.4, -0.2) is 41.0 Å². The molecule has 4 heteroatoms. The van der Waals surface area contributed by atoms with Gasteiger partial charge in [-0.3, -0.25) is 0 Å². The summed E-state index contributed by atoms with van der Waals surface area (Å²) in [6.07, 6.45) is 4.52. The molecule has 4 nitrogen and oxygen atoms in total. The van der Waals surface area contributed by atoms with Gasteiger partial charge in [0, 0.05) is 37.4 Å². The van der Waals surface area contributed by atoms with Crippen LogP contribution in [0.2, 0.25) is 0 Å². The molecule has 0 saturated carbocycles. The summed E-state index contributed by atoms with van der Waals surface area (Å²) in [7, 11) is 0. The van der Waals surface area contributed by atoms with E-state index in [1.165, 1.54) is 18.4 Å². The average Bonchev–Trinajstić information content (AvgIpc) is 2.74. The summed E-state index contributed by atoms with van der Waals surface area (Å²) in [5, 5.41) is 3.16. The van der Waals surface area contributed by atoms with E-state index in [9.17, 15) is 4.79 Å². The van der Waals surface area contributed by atoms with Gasteiger partial charge in [0.25, 0.3) is 0 Å². The number of carbonyl (C=O) groups excluding carboxylic acids is 1. The first-order valence-electron chi connectivity index (χ1n) is 11.0. The van der Waals surface area contributed by atoms with Crippen molar-refractivity contribution in [1.29, 1.82) is 0 Å². The Morgan fingerprint density at radius 2 is 1.76 bits per heavy atom. The van der Waals surface area contributed by atoms with Crippen LogP contribution in [0.25, 0.3) is 0 Å². The van der Waals surface area contributed by atoms with E-state index in [1.54, 1.807) is 0 Å². The molecular formula is C25H35N3O. The lowest BCUT2D eigenvalue weighted by Crippen LogP contribution is -2.50. The number of amides is 2. The largest absolute Gasteiger partial charge is 0.322 e. The predicted octanol–water partition coefficient (Wildman–Crippen LogP) is 5.68. The van der Waals surface area contributed by atoms with Gasteiger partial charge in [0.2, 0.25) is 0 Å². The van der Waals surface area contributed by atoms with Crippen molar-refractivity contribution >= 4 is 11.7 Å². The van der Waals surface area contributed by atoms with Crippen LogP contribution in [0.3, 0.4) is 0 Å². The van der Waals surface area contributed by atoms with Crippen molar-refractivity contribution in [2.45, 2.75) is 65.1 Å². The number of benzene rings is 2. The fraction of sp³-hybridized carbons (Fsp3) is 0.480. The molecule has 1 saturated heterocycles. The van der Waals surface area contributed by atoms with Crippen LogP contribution in [0.5, 0.6) is 0 Å². The average molecular weight is 394 g/mol. The molecule has 0 aromatic heterocycles. The van der Waals surface area contributed by atoms with Crippen LogP contribution in [0, 0.1) is 6.92 Å². The van der Waals surface area contributed by atoms with Gasteiger partial charge in [0.1, 0.15) is 0 Å². The van der Waals surface area contributed by atoms with Gasteiger partial charge in [-0.1, -0.05) is 61.9 Å². The highest BCUT2D eigenvalue weighted by Gasteiger charge is 2.29. The minimum absolute atomic E-state index is 0.00297. The van der Waals surface area contributed by atoms with Crippen molar-refractivity contribution in [1.82, 2.24) is 9.80 Å². The van der Waals surface area contributed by atoms with Crippen molar-refractivity contribution in [3.8, 4) is 0 Å². The highest BCUT2D eigenvalue weighted by Crippen LogP contribution is 2.23. The molecule has 1 fully saturated rings. The monoisotopic (exact) mass is 393 g/mol. The first-order chi connectivity index (χ1) is 14.1. The molecule has 1 heterocycles. The third-order valence-corrected chi connectivity index (χ3v) is 6.11. The number of hydrogen-bond acceptors (Lipinski definition) is 2. The van der Waals surface area contributed by atoms with Gasteiger partial charge < -0.3 is 15.1 Å². The maximum absolute atomic E-state index is 13.3. The molecule has 1 aliphatic rings. The quantitative estimate of drug-likeness (QED) is 0.657. The lowest BCUT2D eigenvalue weighted by atomic mass is 10.00. The lowest BCUT2D eigenvalue weighted by molar-refractivity contribution is 0.0989. The number of piperidine rings is 1. The number of nitrogens with zero attached hydrogens (tertiary/aromatic N) is 2. The maximum atomic E-state index is 13.3. The highest BCUT2D eigenvalue weighted by atomic mass is 16.2. The zero-order valence-electron chi connectivity index (χ0n) is 18.1. The summed E-state index contributed by atoms with van der Waals surface area (Å²) >= 11 is 0. The smallest absolute Gasteiger partial charge is 0.317 e. The number of carbonyl (C=O) groups is 1. The molecule has 0 aliphatic carbocycles. The van der Waals surface area contributed by atoms with E-state index in [4.69, 9.17) is 0 Å². The van der Waals surface area contributed by atoms with E-state index in [0.717, 1.165) is 37.2 Å². The summed E-state index contributed by atoms with van der Waals surface area (Å²) in [5.41, 5.74) is 3.16. The van der Waals surface area contributed by atoms with Crippen molar-refractivity contribution in [2.24, 2.45) is 0 Å². The van der Waals surface area contributed by atoms with Gasteiger partial charge in [-0.25, -0.2) is 4.79 Å². The summed E-state index contributed by atoms with van der Waals surface area (Å²) in [6, 6.07) is 19.2. The van der Waals surface area contributed by atoms with Gasteiger partial charge in [-0.15, -0.1) is 0 Å². The molecule has 2 aromatic rings. The Morgan fingerprint density at radius 3 is 2.41 bits per heavy atom. The number of aryl methyl sites for hydroxylation is 1. The minimum Gasteiger partial charge on any atom is -0.317 e. The third-order valence-electron chi connectivity index (χ3n) is 6.11. The van der Waals surface area contributed by atoms with E-state index >= 15 is 0 Å². The zero-order chi connectivity index (χ0) is 20.6. The summed E-state index contributed by atoms with van der Waals surface area (Å²) in [5.74, 6) is 0. The Morgan fingerprint density at radius 1 is 1.10 bits per heavy atom. The minimum atomic E-state index is 0.00297. The molecule has 2 amide bonds. The molecule has 29 heavy (non-hydrogen) atoms. The first kappa shape index (κ1) is 21.4. The van der Waals surface area contributed by atoms with Gasteiger partial charge in [0.05, 0.1) is 0 Å². The SMILES string of the molecule is CCCC(C)N1CCC(N(Cc2ccccc2)C(=O)Nc2ccccc2C)CC1. The Hall–Kier alpha value is -2.33. The highest BCUT2D eigenvalue weighted by molar-refractivity contribution is 5.90. The van der Waals surface area contributed by atoms with Gasteiger partial charge in [-0.05, 0) is 50.3 Å². The molecular weight excluding hydrogens is 358 g/mol. The Kier molecular flexibility index (Phi) is 7.70. The van der Waals surface area contributed by atoms with Crippen LogP contribution in [0.1, 0.15) is 50.7 Å². The molecule has 1 N–H and O–H groups in total. The molecule has 1 aliphatic heterocycles. The van der Waals surface area contributed by atoms with E-state index in [2.05, 4.69) is 36.2 Å². The topological polar surface area (TPSA) is 35.6 Å². The Balaban J connectivity index is 1.71. The van der Waals surface area contributed by atoms with E-state index < -0.39 is 0 Å². The number of rotatable bonds is 7. The fourth-order valence-electron chi connectivity index (χ4n) is 4.29. The van der Waals surface area contributed by atoms with Crippen molar-refractivity contribution in [3.63, 3.8) is 0 Å². The number of urea groups is 1. The molecule has 0 radical (unpaired) electrons. The Bertz CT molecular complexity index is 769. The number of anilines is 1. The zero-order valence-corrected chi connectivity index (χ0v) is 18.1. The van der Waals surface area contributed by atoms with Gasteiger partial charge >= 0.3 is 6.03 Å². The second kappa shape index (κ2) is 10.4. The van der Waals surface area contributed by atoms with Crippen molar-refractivity contribution < 1.29 is 4.79 Å². The molecule has 0 bridgehead atoms. The predicted molar refractivity (Wildman–Crippen MR) is 121 cm³/mol. The molecule has 156 valence electrons. The molecule has 0 spiro atoms. The van der Waals surface area contributed by atoms with E-state index in [1.807, 2.05) is 54.3 Å². The van der Waals surface area contributed by atoms with E-state index in [-0.39, 0.29) is 12.1 Å². The van der Waals surface area contributed by atoms with Crippen molar-refractivity contribution in [2.75, 3.05) is 18.4 Å². The molecule has 1 unspecified atom stereocenters. The summed E-state index contributed by atoms with van der Waals surface area (Å²) < 4.78 is 0. The standard InChI is InChI=1S/C25H35N3O/c1-4-10-21(3)27-17-15-23(16-18-27)28(19-22-12-6-5-7-13-22)25(29)26-24-14-9-8-11-20(24)2/h5-9,11-14,21,23H,4,10,15-19H2,1-3H3,(H,26,29). The molecule has 3 rings (SSSR count). The van der Waals surface area contributed by atoms with Crippen LogP contribution >= 0.6 is 0 Å². The first-order valence-corrected chi connectivity index (χ1v) is 11.0. The number of nitrogens with one attached hydrogen (secondary N) is 1. The van der Waals surface area contributed by atoms with Gasteiger partial charge in [-0.2, -0.15) is 0 Å². The lowest BCUT2D eigenvalue weighted by Gasteiger charge is -2.40. The fourth-order valence-corrected chi connectivity index (χ4v) is 4.29. The van der Waals surface area contributed by atoms with Crippen LogP contribution in [0.4, 0.5) is 10.5 Å². The number of hydrogen-bond donors (Lipinski definition) is 1. The summed E-state index contributed by atoms with van der Waals surface area (Å²) in [4.78, 5) is 17.9. The third kappa shape index (κ3) is 5.83. The Labute approximate surface area is 175 Å². The molecule has 2 aromatic carbocycles. The number of likely N-dealkylation sites (tertiary alicyclic amines) is 1. The van der Waals surface area contributed by atoms with Crippen LogP contribution < -0.4 is 5.32 Å². The second-order valence-electron chi connectivity index (χ2n) is 8.26. The van der Waals surface area contributed by atoms with E-state index in [0.29, 0.717) is 12.6 Å².